The Balaban J connectivity index is 2.33. The van der Waals surface area contributed by atoms with Gasteiger partial charge in [0.2, 0.25) is 0 Å². The van der Waals surface area contributed by atoms with Gasteiger partial charge in [0.1, 0.15) is 0 Å². The van der Waals surface area contributed by atoms with Gasteiger partial charge in [0.15, 0.2) is 0 Å². The average Bonchev–Trinajstić information content (AvgIpc) is 1.78. The SMILES string of the molecule is CC(C)C[C@H](NC(C)C)C1CCC1. The number of nitrogens with one attached hydrogen (secondary N) is 1. The summed E-state index contributed by atoms with van der Waals surface area (Å²) in [5.74, 6) is 1.81. The van der Waals surface area contributed by atoms with Crippen LogP contribution in [0.1, 0.15) is 53.4 Å². The fourth-order valence-electron chi connectivity index (χ4n) is 2.17. The molecule has 0 aliphatic heterocycles. The van der Waals surface area contributed by atoms with Crippen LogP contribution in [0.15, 0.2) is 0 Å². The van der Waals surface area contributed by atoms with Crippen molar-refractivity contribution in [1.82, 2.24) is 5.32 Å². The van der Waals surface area contributed by atoms with E-state index in [2.05, 4.69) is 33.0 Å². The normalized spacial score (nSPS) is 20.8. The molecule has 13 heavy (non-hydrogen) atoms. The van der Waals surface area contributed by atoms with Crippen molar-refractivity contribution in [2.45, 2.75) is 65.5 Å². The van der Waals surface area contributed by atoms with E-state index in [1.807, 2.05) is 0 Å². The topological polar surface area (TPSA) is 12.0 Å². The highest BCUT2D eigenvalue weighted by molar-refractivity contribution is 4.84. The van der Waals surface area contributed by atoms with E-state index in [1.54, 1.807) is 0 Å². The van der Waals surface area contributed by atoms with Crippen LogP contribution in [0.4, 0.5) is 0 Å². The van der Waals surface area contributed by atoms with Crippen LogP contribution in [0, 0.1) is 11.8 Å². The van der Waals surface area contributed by atoms with E-state index in [1.165, 1.54) is 25.7 Å². The Morgan fingerprint density at radius 3 is 2.08 bits per heavy atom. The molecule has 0 saturated heterocycles. The van der Waals surface area contributed by atoms with E-state index in [0.29, 0.717) is 6.04 Å². The second-order valence-electron chi connectivity index (χ2n) is 5.25. The number of rotatable bonds is 5. The molecule has 1 aliphatic carbocycles. The van der Waals surface area contributed by atoms with Gasteiger partial charge in [0.05, 0.1) is 0 Å². The lowest BCUT2D eigenvalue weighted by molar-refractivity contribution is 0.197. The lowest BCUT2D eigenvalue weighted by Crippen LogP contribution is -2.43. The summed E-state index contributed by atoms with van der Waals surface area (Å²) in [5.41, 5.74) is 0. The molecular formula is C12H25N. The van der Waals surface area contributed by atoms with Gasteiger partial charge in [-0.3, -0.25) is 0 Å². The molecule has 1 aliphatic rings. The molecule has 78 valence electrons. The maximum absolute atomic E-state index is 3.71. The molecule has 1 heteroatoms. The van der Waals surface area contributed by atoms with Gasteiger partial charge < -0.3 is 5.32 Å². The van der Waals surface area contributed by atoms with E-state index in [-0.39, 0.29) is 0 Å². The molecule has 1 atom stereocenters. The van der Waals surface area contributed by atoms with Gasteiger partial charge in [-0.1, -0.05) is 34.1 Å². The Morgan fingerprint density at radius 1 is 1.15 bits per heavy atom. The molecule has 0 spiro atoms. The summed E-state index contributed by atoms with van der Waals surface area (Å²) in [4.78, 5) is 0. The summed E-state index contributed by atoms with van der Waals surface area (Å²) >= 11 is 0. The van der Waals surface area contributed by atoms with Crippen molar-refractivity contribution in [3.8, 4) is 0 Å². The third-order valence-electron chi connectivity index (χ3n) is 2.99. The lowest BCUT2D eigenvalue weighted by atomic mass is 9.77. The highest BCUT2D eigenvalue weighted by Crippen LogP contribution is 2.32. The predicted octanol–water partition coefficient (Wildman–Crippen LogP) is 3.20. The first kappa shape index (κ1) is 11.0. The van der Waals surface area contributed by atoms with Gasteiger partial charge in [-0.05, 0) is 31.1 Å². The minimum absolute atomic E-state index is 0.643. The minimum Gasteiger partial charge on any atom is -0.311 e. The van der Waals surface area contributed by atoms with E-state index in [4.69, 9.17) is 0 Å². The third kappa shape index (κ3) is 3.68. The van der Waals surface area contributed by atoms with Crippen LogP contribution < -0.4 is 5.32 Å². The van der Waals surface area contributed by atoms with Crippen LogP contribution in [0.3, 0.4) is 0 Å². The van der Waals surface area contributed by atoms with Crippen molar-refractivity contribution < 1.29 is 0 Å². The Labute approximate surface area is 83.3 Å². The summed E-state index contributed by atoms with van der Waals surface area (Å²) in [6, 6.07) is 1.43. The first-order valence-corrected chi connectivity index (χ1v) is 5.85. The summed E-state index contributed by atoms with van der Waals surface area (Å²) < 4.78 is 0. The molecule has 1 fully saturated rings. The summed E-state index contributed by atoms with van der Waals surface area (Å²) in [7, 11) is 0. The van der Waals surface area contributed by atoms with E-state index in [9.17, 15) is 0 Å². The fraction of sp³-hybridized carbons (Fsp3) is 1.00. The average molecular weight is 183 g/mol. The first-order chi connectivity index (χ1) is 6.09. The van der Waals surface area contributed by atoms with Crippen LogP contribution in [0.5, 0.6) is 0 Å². The Kier molecular flexibility index (Phi) is 4.24. The summed E-state index contributed by atoms with van der Waals surface area (Å²) in [6.45, 7) is 9.17. The molecule has 1 N–H and O–H groups in total. The van der Waals surface area contributed by atoms with Gasteiger partial charge >= 0.3 is 0 Å². The Morgan fingerprint density at radius 2 is 1.77 bits per heavy atom. The lowest BCUT2D eigenvalue weighted by Gasteiger charge is -2.36. The van der Waals surface area contributed by atoms with Crippen molar-refractivity contribution >= 4 is 0 Å². The van der Waals surface area contributed by atoms with Gasteiger partial charge in [0.25, 0.3) is 0 Å². The quantitative estimate of drug-likeness (QED) is 0.690. The zero-order valence-corrected chi connectivity index (χ0v) is 9.64. The Hall–Kier alpha value is -0.0400. The molecular weight excluding hydrogens is 158 g/mol. The number of hydrogen-bond donors (Lipinski definition) is 1. The third-order valence-corrected chi connectivity index (χ3v) is 2.99. The van der Waals surface area contributed by atoms with Crippen molar-refractivity contribution in [3.05, 3.63) is 0 Å². The Bertz CT molecular complexity index is 126. The fourth-order valence-corrected chi connectivity index (χ4v) is 2.17. The molecule has 0 aromatic heterocycles. The molecule has 0 aromatic carbocycles. The first-order valence-electron chi connectivity index (χ1n) is 5.85. The maximum atomic E-state index is 3.71. The van der Waals surface area contributed by atoms with E-state index in [0.717, 1.165) is 17.9 Å². The molecule has 0 unspecified atom stereocenters. The van der Waals surface area contributed by atoms with Crippen LogP contribution in [-0.4, -0.2) is 12.1 Å². The van der Waals surface area contributed by atoms with Crippen molar-refractivity contribution in [3.63, 3.8) is 0 Å². The standard InChI is InChI=1S/C12H25N/c1-9(2)8-12(13-10(3)4)11-6-5-7-11/h9-13H,5-8H2,1-4H3/t12-/m0/s1. The van der Waals surface area contributed by atoms with Crippen LogP contribution in [0.2, 0.25) is 0 Å². The predicted molar refractivity (Wildman–Crippen MR) is 58.9 cm³/mol. The molecule has 0 aromatic rings. The van der Waals surface area contributed by atoms with E-state index < -0.39 is 0 Å². The minimum atomic E-state index is 0.643. The molecule has 0 heterocycles. The van der Waals surface area contributed by atoms with Gasteiger partial charge in [-0.25, -0.2) is 0 Å². The summed E-state index contributed by atoms with van der Waals surface area (Å²) in [5, 5.41) is 3.71. The maximum Gasteiger partial charge on any atom is 0.0100 e. The highest BCUT2D eigenvalue weighted by Gasteiger charge is 2.27. The monoisotopic (exact) mass is 183 g/mol. The largest absolute Gasteiger partial charge is 0.311 e. The smallest absolute Gasteiger partial charge is 0.0100 e. The molecule has 1 saturated carbocycles. The van der Waals surface area contributed by atoms with Gasteiger partial charge in [-0.15, -0.1) is 0 Å². The zero-order chi connectivity index (χ0) is 9.84. The molecule has 1 rings (SSSR count). The summed E-state index contributed by atoms with van der Waals surface area (Å²) in [6.07, 6.45) is 5.72. The van der Waals surface area contributed by atoms with Gasteiger partial charge in [-0.2, -0.15) is 0 Å². The van der Waals surface area contributed by atoms with Crippen LogP contribution in [-0.2, 0) is 0 Å². The second kappa shape index (κ2) is 4.99. The highest BCUT2D eigenvalue weighted by atomic mass is 14.9. The molecule has 0 amide bonds. The van der Waals surface area contributed by atoms with Crippen molar-refractivity contribution in [1.29, 1.82) is 0 Å². The van der Waals surface area contributed by atoms with Gasteiger partial charge in [0, 0.05) is 12.1 Å². The number of hydrogen-bond acceptors (Lipinski definition) is 1. The van der Waals surface area contributed by atoms with Crippen LogP contribution >= 0.6 is 0 Å². The zero-order valence-electron chi connectivity index (χ0n) is 9.64. The molecule has 1 nitrogen and oxygen atoms in total. The van der Waals surface area contributed by atoms with Crippen molar-refractivity contribution in [2.24, 2.45) is 11.8 Å². The van der Waals surface area contributed by atoms with Crippen LogP contribution in [0.25, 0.3) is 0 Å². The molecule has 0 radical (unpaired) electrons. The van der Waals surface area contributed by atoms with E-state index >= 15 is 0 Å². The molecule has 0 bridgehead atoms. The van der Waals surface area contributed by atoms with Crippen molar-refractivity contribution in [2.75, 3.05) is 0 Å². The second-order valence-corrected chi connectivity index (χ2v) is 5.25.